The van der Waals surface area contributed by atoms with Gasteiger partial charge in [-0.05, 0) is 37.1 Å². The summed E-state index contributed by atoms with van der Waals surface area (Å²) >= 11 is 6.43. The van der Waals surface area contributed by atoms with Crippen molar-refractivity contribution in [2.24, 2.45) is 5.92 Å². The van der Waals surface area contributed by atoms with Crippen molar-refractivity contribution in [3.05, 3.63) is 75.6 Å². The van der Waals surface area contributed by atoms with E-state index in [0.717, 1.165) is 4.68 Å². The summed E-state index contributed by atoms with van der Waals surface area (Å²) in [6.07, 6.45) is 4.32. The van der Waals surface area contributed by atoms with Crippen LogP contribution in [0.2, 0.25) is 5.02 Å². The monoisotopic (exact) mass is 470 g/mol. The summed E-state index contributed by atoms with van der Waals surface area (Å²) in [7, 11) is 1.27. The Morgan fingerprint density at radius 1 is 1.18 bits per heavy atom. The maximum Gasteiger partial charge on any atom is 0.340 e. The number of aromatic nitrogens is 2. The van der Waals surface area contributed by atoms with Crippen LogP contribution in [-0.2, 0) is 16.1 Å². The fourth-order valence-electron chi connectivity index (χ4n) is 3.87. The normalized spacial score (nSPS) is 14.2. The molecular weight excluding hydrogens is 448 g/mol. The lowest BCUT2D eigenvalue weighted by Crippen LogP contribution is -2.41. The third-order valence-electron chi connectivity index (χ3n) is 5.66. The zero-order valence-corrected chi connectivity index (χ0v) is 18.7. The van der Waals surface area contributed by atoms with Gasteiger partial charge in [0, 0.05) is 19.0 Å². The summed E-state index contributed by atoms with van der Waals surface area (Å²) in [4.78, 5) is 39.5. The largest absolute Gasteiger partial charge is 0.467 e. The lowest BCUT2D eigenvalue weighted by Gasteiger charge is -2.33. The summed E-state index contributed by atoms with van der Waals surface area (Å²) in [5, 5.41) is 7.15. The van der Waals surface area contributed by atoms with Gasteiger partial charge in [0.25, 0.3) is 5.56 Å². The van der Waals surface area contributed by atoms with Gasteiger partial charge in [-0.3, -0.25) is 9.59 Å². The number of ether oxygens (including phenoxy) is 1. The van der Waals surface area contributed by atoms with Gasteiger partial charge in [0.2, 0.25) is 5.91 Å². The molecule has 0 radical (unpaired) electrons. The third-order valence-corrected chi connectivity index (χ3v) is 6.02. The molecule has 10 heteroatoms. The molecule has 0 saturated carbocycles. The first-order chi connectivity index (χ1) is 16.0. The second-order valence-corrected chi connectivity index (χ2v) is 8.01. The number of benzene rings is 1. The Morgan fingerprint density at radius 2 is 1.94 bits per heavy atom. The van der Waals surface area contributed by atoms with Crippen LogP contribution in [0.1, 0.15) is 29.0 Å². The maximum absolute atomic E-state index is 13.0. The Bertz CT molecular complexity index is 1200. The average Bonchev–Trinajstić information content (AvgIpc) is 3.38. The van der Waals surface area contributed by atoms with Crippen molar-refractivity contribution in [3.63, 3.8) is 0 Å². The molecule has 4 rings (SSSR count). The molecule has 172 valence electrons. The summed E-state index contributed by atoms with van der Waals surface area (Å²) in [5.74, 6) is -0.0276. The van der Waals surface area contributed by atoms with Crippen molar-refractivity contribution in [1.29, 1.82) is 0 Å². The van der Waals surface area contributed by atoms with E-state index in [-0.39, 0.29) is 28.1 Å². The van der Waals surface area contributed by atoms with E-state index in [4.69, 9.17) is 20.8 Å². The topological polar surface area (TPSA) is 107 Å². The molecule has 1 amide bonds. The van der Waals surface area contributed by atoms with E-state index in [1.54, 1.807) is 36.6 Å². The fraction of sp³-hybridized carbons (Fsp3) is 0.304. The number of nitrogens with zero attached hydrogens (tertiary/aromatic N) is 3. The molecule has 0 bridgehead atoms. The van der Waals surface area contributed by atoms with Crippen LogP contribution in [0.15, 0.2) is 58.1 Å². The minimum Gasteiger partial charge on any atom is -0.467 e. The summed E-state index contributed by atoms with van der Waals surface area (Å²) in [5.41, 5.74) is 0.460. The number of hydrogen-bond acceptors (Lipinski definition) is 7. The van der Waals surface area contributed by atoms with Gasteiger partial charge in [-0.1, -0.05) is 23.7 Å². The van der Waals surface area contributed by atoms with Gasteiger partial charge in [0.05, 0.1) is 43.1 Å². The molecule has 3 heterocycles. The van der Waals surface area contributed by atoms with Crippen LogP contribution < -0.4 is 15.8 Å². The van der Waals surface area contributed by atoms with Gasteiger partial charge in [0.15, 0.2) is 0 Å². The number of esters is 1. The summed E-state index contributed by atoms with van der Waals surface area (Å²) in [6, 6.07) is 10.1. The quantitative estimate of drug-likeness (QED) is 0.552. The van der Waals surface area contributed by atoms with E-state index in [0.29, 0.717) is 43.9 Å². The molecule has 1 N–H and O–H groups in total. The number of rotatable bonds is 6. The Kier molecular flexibility index (Phi) is 6.79. The average molecular weight is 471 g/mol. The van der Waals surface area contributed by atoms with Crippen LogP contribution in [0, 0.1) is 5.92 Å². The number of carbonyl (C=O) groups excluding carboxylic acids is 2. The molecule has 0 atom stereocenters. The Hall–Kier alpha value is -3.59. The summed E-state index contributed by atoms with van der Waals surface area (Å²) in [6.45, 7) is 1.47. The minimum atomic E-state index is -0.577. The van der Waals surface area contributed by atoms with Crippen molar-refractivity contribution in [3.8, 4) is 5.69 Å². The molecular formula is C23H23ClN4O5. The van der Waals surface area contributed by atoms with Crippen LogP contribution in [0.4, 0.5) is 5.69 Å². The van der Waals surface area contributed by atoms with Crippen molar-refractivity contribution >= 4 is 29.2 Å². The first-order valence-electron chi connectivity index (χ1n) is 10.5. The standard InChI is InChI=1S/C23H23ClN4O5/c1-32-23(31)17-6-2-3-7-18(17)28-22(30)20(24)19(14-26-28)27-10-8-15(9-11-27)21(29)25-13-16-5-4-12-33-16/h2-7,12,14-15H,8-11,13H2,1H3,(H,25,29). The predicted octanol–water partition coefficient (Wildman–Crippen LogP) is 2.80. The van der Waals surface area contributed by atoms with Gasteiger partial charge in [-0.25, -0.2) is 4.79 Å². The highest BCUT2D eigenvalue weighted by Gasteiger charge is 2.27. The molecule has 0 unspecified atom stereocenters. The molecule has 3 aromatic rings. The lowest BCUT2D eigenvalue weighted by molar-refractivity contribution is -0.125. The van der Waals surface area contributed by atoms with Gasteiger partial charge in [-0.15, -0.1) is 0 Å². The number of para-hydroxylation sites is 1. The molecule has 9 nitrogen and oxygen atoms in total. The van der Waals surface area contributed by atoms with E-state index >= 15 is 0 Å². The van der Waals surface area contributed by atoms with Crippen LogP contribution in [-0.4, -0.2) is 41.9 Å². The van der Waals surface area contributed by atoms with E-state index in [2.05, 4.69) is 10.4 Å². The first-order valence-corrected chi connectivity index (χ1v) is 10.9. The number of halogens is 1. The Balaban J connectivity index is 1.46. The highest BCUT2D eigenvalue weighted by atomic mass is 35.5. The van der Waals surface area contributed by atoms with Gasteiger partial charge in [0.1, 0.15) is 10.8 Å². The van der Waals surface area contributed by atoms with E-state index < -0.39 is 11.5 Å². The molecule has 0 spiro atoms. The number of anilines is 1. The Labute approximate surface area is 194 Å². The lowest BCUT2D eigenvalue weighted by atomic mass is 9.95. The zero-order chi connectivity index (χ0) is 23.4. The fourth-order valence-corrected chi connectivity index (χ4v) is 4.12. The number of hydrogen-bond donors (Lipinski definition) is 1. The molecule has 1 aliphatic rings. The predicted molar refractivity (Wildman–Crippen MR) is 122 cm³/mol. The number of piperidine rings is 1. The highest BCUT2D eigenvalue weighted by Crippen LogP contribution is 2.27. The minimum absolute atomic E-state index is 0.00499. The molecule has 2 aromatic heterocycles. The second-order valence-electron chi connectivity index (χ2n) is 7.63. The maximum atomic E-state index is 13.0. The van der Waals surface area contributed by atoms with E-state index in [9.17, 15) is 14.4 Å². The second kappa shape index (κ2) is 9.91. The number of methoxy groups -OCH3 is 1. The van der Waals surface area contributed by atoms with Crippen LogP contribution in [0.5, 0.6) is 0 Å². The molecule has 1 aliphatic heterocycles. The van der Waals surface area contributed by atoms with Gasteiger partial charge < -0.3 is 19.4 Å². The zero-order valence-electron chi connectivity index (χ0n) is 18.0. The van der Waals surface area contributed by atoms with E-state index in [1.165, 1.54) is 13.3 Å². The van der Waals surface area contributed by atoms with Crippen molar-refractivity contribution in [2.75, 3.05) is 25.1 Å². The molecule has 0 aliphatic carbocycles. The van der Waals surface area contributed by atoms with Gasteiger partial charge in [-0.2, -0.15) is 9.78 Å². The van der Waals surface area contributed by atoms with Crippen LogP contribution >= 0.6 is 11.6 Å². The molecule has 1 fully saturated rings. The van der Waals surface area contributed by atoms with E-state index in [1.807, 2.05) is 11.0 Å². The SMILES string of the molecule is COC(=O)c1ccccc1-n1ncc(N2CCC(C(=O)NCc3ccco3)CC2)c(Cl)c1=O. The smallest absolute Gasteiger partial charge is 0.340 e. The summed E-state index contributed by atoms with van der Waals surface area (Å²) < 4.78 is 11.1. The van der Waals surface area contributed by atoms with Crippen molar-refractivity contribution in [1.82, 2.24) is 15.1 Å². The molecule has 1 aromatic carbocycles. The molecule has 33 heavy (non-hydrogen) atoms. The Morgan fingerprint density at radius 3 is 2.64 bits per heavy atom. The van der Waals surface area contributed by atoms with Crippen molar-refractivity contribution in [2.45, 2.75) is 19.4 Å². The number of carbonyl (C=O) groups is 2. The molecule has 1 saturated heterocycles. The number of furan rings is 1. The van der Waals surface area contributed by atoms with Crippen molar-refractivity contribution < 1.29 is 18.7 Å². The highest BCUT2D eigenvalue weighted by molar-refractivity contribution is 6.33. The number of amides is 1. The first kappa shape index (κ1) is 22.6. The van der Waals surface area contributed by atoms with Crippen LogP contribution in [0.25, 0.3) is 5.69 Å². The van der Waals surface area contributed by atoms with Crippen LogP contribution in [0.3, 0.4) is 0 Å². The van der Waals surface area contributed by atoms with Gasteiger partial charge >= 0.3 is 5.97 Å². The number of nitrogens with one attached hydrogen (secondary N) is 1. The third kappa shape index (κ3) is 4.78.